The van der Waals surface area contributed by atoms with Gasteiger partial charge in [-0.3, -0.25) is 0 Å². The molecule has 1 aliphatic rings. The Bertz CT molecular complexity index is 1560. The van der Waals surface area contributed by atoms with Crippen LogP contribution in [-0.4, -0.2) is 40.0 Å². The maximum absolute atomic E-state index is 14.4. The van der Waals surface area contributed by atoms with Crippen LogP contribution < -0.4 is 5.14 Å². The molecule has 0 amide bonds. The summed E-state index contributed by atoms with van der Waals surface area (Å²) in [5, 5.41) is 5.24. The molecule has 10 heteroatoms. The fourth-order valence-corrected chi connectivity index (χ4v) is 5.51. The molecule has 5 rings (SSSR count). The van der Waals surface area contributed by atoms with Crippen LogP contribution in [0, 0.1) is 5.82 Å². The van der Waals surface area contributed by atoms with Crippen molar-refractivity contribution in [2.24, 2.45) is 5.14 Å². The highest BCUT2D eigenvalue weighted by molar-refractivity contribution is 7.89. The van der Waals surface area contributed by atoms with E-state index in [4.69, 9.17) is 28.8 Å². The van der Waals surface area contributed by atoms with E-state index in [1.807, 2.05) is 36.4 Å². The minimum Gasteiger partial charge on any atom is -0.440 e. The quantitative estimate of drug-likeness (QED) is 0.223. The van der Waals surface area contributed by atoms with E-state index in [1.54, 1.807) is 25.3 Å². The average molecular weight is 581 g/mol. The van der Waals surface area contributed by atoms with E-state index in [0.29, 0.717) is 62.0 Å². The number of aryl methyl sites for hydroxylation is 1. The summed E-state index contributed by atoms with van der Waals surface area (Å²) in [5.41, 5.74) is 3.96. The van der Waals surface area contributed by atoms with Crippen molar-refractivity contribution in [1.82, 2.24) is 4.98 Å². The fourth-order valence-electron chi connectivity index (χ4n) is 4.99. The molecule has 8 nitrogen and oxygen atoms in total. The summed E-state index contributed by atoms with van der Waals surface area (Å²) in [7, 11) is -2.18. The average Bonchev–Trinajstić information content (AvgIpc) is 3.41. The minimum atomic E-state index is -3.80. The van der Waals surface area contributed by atoms with Gasteiger partial charge in [0.05, 0.1) is 18.1 Å². The van der Waals surface area contributed by atoms with Crippen molar-refractivity contribution in [3.05, 3.63) is 95.6 Å². The number of hydrogen-bond acceptors (Lipinski definition) is 7. The highest BCUT2D eigenvalue weighted by Crippen LogP contribution is 2.34. The molecule has 0 spiro atoms. The third-order valence-electron chi connectivity index (χ3n) is 7.07. The van der Waals surface area contributed by atoms with E-state index in [1.165, 1.54) is 18.2 Å². The standard InChI is InChI=1S/C31H33FN2O6S/c1-37-29-19-24(13-15-39-29)25-16-21(17-26(32)18-25)20-38-14-5-8-28-34-30(22-6-3-2-4-7-22)31(40-28)23-9-11-27(12-10-23)41(33,35)36/h2-4,6-7,9-12,16-18,24,29H,5,8,13-15,19-20H2,1H3,(H2,33,35,36). The van der Waals surface area contributed by atoms with Gasteiger partial charge in [-0.05, 0) is 66.3 Å². The molecule has 0 radical (unpaired) electrons. The predicted octanol–water partition coefficient (Wildman–Crippen LogP) is 5.81. The molecule has 1 fully saturated rings. The van der Waals surface area contributed by atoms with E-state index >= 15 is 0 Å². The number of nitrogens with zero attached hydrogens (tertiary/aromatic N) is 1. The predicted molar refractivity (Wildman–Crippen MR) is 152 cm³/mol. The number of primary sulfonamides is 1. The third-order valence-corrected chi connectivity index (χ3v) is 8.00. The molecule has 2 unspecified atom stereocenters. The molecule has 2 atom stereocenters. The van der Waals surface area contributed by atoms with Gasteiger partial charge in [-0.2, -0.15) is 0 Å². The highest BCUT2D eigenvalue weighted by Gasteiger charge is 2.24. The lowest BCUT2D eigenvalue weighted by molar-refractivity contribution is -0.150. The van der Waals surface area contributed by atoms with Gasteiger partial charge in [-0.1, -0.05) is 36.4 Å². The number of ether oxygens (including phenoxy) is 3. The van der Waals surface area contributed by atoms with E-state index in [9.17, 15) is 12.8 Å². The normalized spacial score (nSPS) is 17.5. The maximum Gasteiger partial charge on any atom is 0.238 e. The zero-order valence-electron chi connectivity index (χ0n) is 22.8. The first kappa shape index (κ1) is 29.1. The van der Waals surface area contributed by atoms with Gasteiger partial charge in [0.15, 0.2) is 17.9 Å². The molecular formula is C31H33FN2O6S. The number of halogens is 1. The monoisotopic (exact) mass is 580 g/mol. The number of sulfonamides is 1. The van der Waals surface area contributed by atoms with Crippen molar-refractivity contribution in [1.29, 1.82) is 0 Å². The first-order chi connectivity index (χ1) is 19.8. The maximum atomic E-state index is 14.4. The molecule has 1 aromatic heterocycles. The van der Waals surface area contributed by atoms with Crippen molar-refractivity contribution in [2.75, 3.05) is 20.3 Å². The molecule has 1 saturated heterocycles. The highest BCUT2D eigenvalue weighted by atomic mass is 32.2. The summed E-state index contributed by atoms with van der Waals surface area (Å²) < 4.78 is 60.6. The summed E-state index contributed by atoms with van der Waals surface area (Å²) in [6.45, 7) is 1.32. The third kappa shape index (κ3) is 7.46. The van der Waals surface area contributed by atoms with Gasteiger partial charge in [0, 0.05) is 37.7 Å². The lowest BCUT2D eigenvalue weighted by Crippen LogP contribution is -2.26. The number of nitrogens with two attached hydrogens (primary N) is 1. The summed E-state index contributed by atoms with van der Waals surface area (Å²) in [6, 6.07) is 20.9. The molecule has 4 aromatic rings. The van der Waals surface area contributed by atoms with E-state index < -0.39 is 10.0 Å². The van der Waals surface area contributed by atoms with Gasteiger partial charge < -0.3 is 18.6 Å². The van der Waals surface area contributed by atoms with Crippen LogP contribution in [0.15, 0.2) is 82.1 Å². The molecule has 0 aliphatic carbocycles. The Morgan fingerprint density at radius 2 is 1.83 bits per heavy atom. The van der Waals surface area contributed by atoms with Crippen LogP contribution in [0.1, 0.15) is 42.2 Å². The second kappa shape index (κ2) is 13.1. The SMILES string of the molecule is COC1CC(c2cc(F)cc(COCCCc3nc(-c4ccccc4)c(-c4ccc(S(N)(=O)=O)cc4)o3)c2)CCO1. The fraction of sp³-hybridized carbons (Fsp3) is 0.323. The van der Waals surface area contributed by atoms with Crippen LogP contribution in [0.2, 0.25) is 0 Å². The van der Waals surface area contributed by atoms with Crippen LogP contribution >= 0.6 is 0 Å². The molecule has 0 saturated carbocycles. The Hall–Kier alpha value is -3.41. The van der Waals surface area contributed by atoms with E-state index in [2.05, 4.69) is 0 Å². The Labute approximate surface area is 239 Å². The van der Waals surface area contributed by atoms with Crippen LogP contribution in [0.4, 0.5) is 4.39 Å². The summed E-state index contributed by atoms with van der Waals surface area (Å²) >= 11 is 0. The van der Waals surface area contributed by atoms with Crippen molar-refractivity contribution in [3.63, 3.8) is 0 Å². The van der Waals surface area contributed by atoms with Crippen molar-refractivity contribution in [3.8, 4) is 22.6 Å². The van der Waals surface area contributed by atoms with Gasteiger partial charge in [0.25, 0.3) is 0 Å². The Balaban J connectivity index is 1.22. The van der Waals surface area contributed by atoms with Crippen molar-refractivity contribution in [2.45, 2.75) is 49.4 Å². The topological polar surface area (TPSA) is 114 Å². The van der Waals surface area contributed by atoms with Gasteiger partial charge in [-0.25, -0.2) is 22.9 Å². The van der Waals surface area contributed by atoms with Crippen LogP contribution in [0.5, 0.6) is 0 Å². The van der Waals surface area contributed by atoms with E-state index in [0.717, 1.165) is 23.1 Å². The summed E-state index contributed by atoms with van der Waals surface area (Å²) in [6.07, 6.45) is 2.43. The Morgan fingerprint density at radius 3 is 2.56 bits per heavy atom. The van der Waals surface area contributed by atoms with Crippen molar-refractivity contribution >= 4 is 10.0 Å². The van der Waals surface area contributed by atoms with Crippen LogP contribution in [0.25, 0.3) is 22.6 Å². The van der Waals surface area contributed by atoms with Gasteiger partial charge in [-0.15, -0.1) is 0 Å². The lowest BCUT2D eigenvalue weighted by atomic mass is 9.90. The van der Waals surface area contributed by atoms with Crippen LogP contribution in [-0.2, 0) is 37.3 Å². The molecule has 41 heavy (non-hydrogen) atoms. The van der Waals surface area contributed by atoms with Gasteiger partial charge in [0.2, 0.25) is 10.0 Å². The number of hydrogen-bond donors (Lipinski definition) is 1. The minimum absolute atomic E-state index is 0.0248. The number of methoxy groups -OCH3 is 1. The summed E-state index contributed by atoms with van der Waals surface area (Å²) in [4.78, 5) is 4.76. The first-order valence-corrected chi connectivity index (χ1v) is 15.0. The lowest BCUT2D eigenvalue weighted by Gasteiger charge is -2.29. The van der Waals surface area contributed by atoms with E-state index in [-0.39, 0.29) is 22.9 Å². The van der Waals surface area contributed by atoms with Gasteiger partial charge >= 0.3 is 0 Å². The molecule has 216 valence electrons. The van der Waals surface area contributed by atoms with Crippen molar-refractivity contribution < 1.29 is 31.4 Å². The number of benzene rings is 3. The van der Waals surface area contributed by atoms with Crippen LogP contribution in [0.3, 0.4) is 0 Å². The molecule has 3 aromatic carbocycles. The Kier molecular flexibility index (Phi) is 9.26. The smallest absolute Gasteiger partial charge is 0.238 e. The summed E-state index contributed by atoms with van der Waals surface area (Å²) in [5.74, 6) is 0.985. The number of rotatable bonds is 11. The molecular weight excluding hydrogens is 547 g/mol. The largest absolute Gasteiger partial charge is 0.440 e. The second-order valence-corrected chi connectivity index (χ2v) is 11.6. The zero-order valence-corrected chi connectivity index (χ0v) is 23.6. The van der Waals surface area contributed by atoms with Gasteiger partial charge in [0.1, 0.15) is 11.5 Å². The number of oxazole rings is 1. The second-order valence-electron chi connectivity index (χ2n) is 10.0. The molecule has 0 bridgehead atoms. The first-order valence-electron chi connectivity index (χ1n) is 13.5. The Morgan fingerprint density at radius 1 is 1.05 bits per heavy atom. The number of aromatic nitrogens is 1. The molecule has 2 heterocycles. The molecule has 1 aliphatic heterocycles. The molecule has 2 N–H and O–H groups in total. The zero-order chi connectivity index (χ0) is 28.8.